The molecule has 0 bridgehead atoms. The van der Waals surface area contributed by atoms with E-state index in [2.05, 4.69) is 28.4 Å². The summed E-state index contributed by atoms with van der Waals surface area (Å²) >= 11 is 0. The summed E-state index contributed by atoms with van der Waals surface area (Å²) in [5.74, 6) is 0. The van der Waals surface area contributed by atoms with Crippen LogP contribution >= 0.6 is 0 Å². The van der Waals surface area contributed by atoms with E-state index in [9.17, 15) is 4.79 Å². The smallest absolute Gasteiger partial charge is 0.450 e. The van der Waals surface area contributed by atoms with Gasteiger partial charge in [-0.05, 0) is 13.1 Å². The molecule has 0 aliphatic rings. The van der Waals surface area contributed by atoms with E-state index in [-0.39, 0.29) is 6.61 Å². The molecule has 0 saturated carbocycles. The predicted molar refractivity (Wildman–Crippen MR) is 67.3 cm³/mol. The van der Waals surface area contributed by atoms with Crippen molar-refractivity contribution in [2.24, 2.45) is 5.73 Å². The van der Waals surface area contributed by atoms with Gasteiger partial charge < -0.3 is 20.5 Å². The van der Waals surface area contributed by atoms with Gasteiger partial charge >= 0.3 is 6.16 Å². The molecule has 0 aliphatic carbocycles. The Morgan fingerprint density at radius 3 is 2.18 bits per heavy atom. The highest BCUT2D eigenvalue weighted by Crippen LogP contribution is 1.92. The highest BCUT2D eigenvalue weighted by atomic mass is 16.7. The normalized spacial score (nSPS) is 11.1. The van der Waals surface area contributed by atoms with Crippen molar-refractivity contribution < 1.29 is 14.6 Å². The minimum absolute atomic E-state index is 0.202. The number of carbonyl (C=O) groups is 1. The SMILES string of the molecule is CCN(CC)CCN(CCN)CCOC(=O)O. The molecule has 0 aromatic heterocycles. The van der Waals surface area contributed by atoms with Gasteiger partial charge in [0.1, 0.15) is 6.61 Å². The lowest BCUT2D eigenvalue weighted by Gasteiger charge is -2.25. The van der Waals surface area contributed by atoms with Gasteiger partial charge in [0.2, 0.25) is 0 Å². The van der Waals surface area contributed by atoms with Crippen LogP contribution in [0, 0.1) is 0 Å². The zero-order valence-electron chi connectivity index (χ0n) is 10.9. The van der Waals surface area contributed by atoms with Gasteiger partial charge in [-0.15, -0.1) is 0 Å². The van der Waals surface area contributed by atoms with Crippen LogP contribution in [-0.2, 0) is 4.74 Å². The maximum Gasteiger partial charge on any atom is 0.505 e. The Balaban J connectivity index is 3.84. The molecule has 6 nitrogen and oxygen atoms in total. The van der Waals surface area contributed by atoms with Gasteiger partial charge in [0.25, 0.3) is 0 Å². The van der Waals surface area contributed by atoms with Crippen LogP contribution in [0.25, 0.3) is 0 Å². The molecule has 0 atom stereocenters. The van der Waals surface area contributed by atoms with Crippen LogP contribution in [0.15, 0.2) is 0 Å². The summed E-state index contributed by atoms with van der Waals surface area (Å²) in [5.41, 5.74) is 5.52. The number of nitrogens with two attached hydrogens (primary N) is 1. The first kappa shape index (κ1) is 16.1. The van der Waals surface area contributed by atoms with Crippen molar-refractivity contribution >= 4 is 6.16 Å². The van der Waals surface area contributed by atoms with Crippen molar-refractivity contribution in [2.75, 3.05) is 52.4 Å². The largest absolute Gasteiger partial charge is 0.505 e. The number of rotatable bonds is 10. The van der Waals surface area contributed by atoms with Crippen LogP contribution in [0.2, 0.25) is 0 Å². The second kappa shape index (κ2) is 10.3. The Morgan fingerprint density at radius 2 is 1.71 bits per heavy atom. The topological polar surface area (TPSA) is 79.0 Å². The van der Waals surface area contributed by atoms with Crippen molar-refractivity contribution in [3.05, 3.63) is 0 Å². The molecule has 0 aromatic carbocycles. The first-order valence-corrected chi connectivity index (χ1v) is 6.14. The number of hydrogen-bond donors (Lipinski definition) is 2. The second-order valence-corrected chi connectivity index (χ2v) is 3.77. The van der Waals surface area contributed by atoms with Gasteiger partial charge in [-0.25, -0.2) is 4.79 Å². The summed E-state index contributed by atoms with van der Waals surface area (Å²) < 4.78 is 4.50. The molecule has 17 heavy (non-hydrogen) atoms. The van der Waals surface area contributed by atoms with E-state index in [0.29, 0.717) is 13.1 Å². The van der Waals surface area contributed by atoms with Crippen LogP contribution in [0.3, 0.4) is 0 Å². The number of carboxylic acid groups (broad SMARTS) is 1. The molecule has 0 rings (SSSR count). The van der Waals surface area contributed by atoms with Crippen molar-refractivity contribution in [2.45, 2.75) is 13.8 Å². The van der Waals surface area contributed by atoms with Gasteiger partial charge in [-0.2, -0.15) is 0 Å². The van der Waals surface area contributed by atoms with E-state index >= 15 is 0 Å². The third-order valence-corrected chi connectivity index (χ3v) is 2.71. The van der Waals surface area contributed by atoms with E-state index in [1.807, 2.05) is 0 Å². The quantitative estimate of drug-likeness (QED) is 0.540. The standard InChI is InChI=1S/C11H25N3O3/c1-3-13(4-2)7-8-14(6-5-12)9-10-17-11(15)16/h3-10,12H2,1-2H3,(H,15,16). The molecule has 0 aromatic rings. The third kappa shape index (κ3) is 8.91. The zero-order chi connectivity index (χ0) is 13.1. The van der Waals surface area contributed by atoms with Gasteiger partial charge in [-0.1, -0.05) is 13.8 Å². The first-order chi connectivity index (χ1) is 8.13. The highest BCUT2D eigenvalue weighted by molar-refractivity contribution is 5.56. The van der Waals surface area contributed by atoms with E-state index in [1.54, 1.807) is 0 Å². The molecule has 0 amide bonds. The van der Waals surface area contributed by atoms with Crippen molar-refractivity contribution in [3.63, 3.8) is 0 Å². The van der Waals surface area contributed by atoms with Gasteiger partial charge in [0.05, 0.1) is 0 Å². The fourth-order valence-corrected chi connectivity index (χ4v) is 1.60. The maximum atomic E-state index is 10.2. The Bertz CT molecular complexity index is 198. The van der Waals surface area contributed by atoms with E-state index in [0.717, 1.165) is 32.7 Å². The second-order valence-electron chi connectivity index (χ2n) is 3.77. The lowest BCUT2D eigenvalue weighted by molar-refractivity contribution is 0.0791. The van der Waals surface area contributed by atoms with Gasteiger partial charge in [0.15, 0.2) is 0 Å². The summed E-state index contributed by atoms with van der Waals surface area (Å²) in [6.45, 7) is 10.3. The average molecular weight is 247 g/mol. The minimum Gasteiger partial charge on any atom is -0.450 e. The van der Waals surface area contributed by atoms with Crippen molar-refractivity contribution in [3.8, 4) is 0 Å². The number of nitrogens with zero attached hydrogens (tertiary/aromatic N) is 2. The number of hydrogen-bond acceptors (Lipinski definition) is 5. The Kier molecular flexibility index (Phi) is 9.80. The first-order valence-electron chi connectivity index (χ1n) is 6.14. The van der Waals surface area contributed by atoms with Crippen LogP contribution in [0.4, 0.5) is 4.79 Å². The lowest BCUT2D eigenvalue weighted by Crippen LogP contribution is -2.39. The fourth-order valence-electron chi connectivity index (χ4n) is 1.60. The van der Waals surface area contributed by atoms with Crippen molar-refractivity contribution in [1.29, 1.82) is 0 Å². The molecule has 6 heteroatoms. The van der Waals surface area contributed by atoms with Crippen LogP contribution < -0.4 is 5.73 Å². The number of likely N-dealkylation sites (N-methyl/N-ethyl adjacent to an activating group) is 1. The molecule has 0 spiro atoms. The Hall–Kier alpha value is -0.850. The van der Waals surface area contributed by atoms with E-state index in [1.165, 1.54) is 0 Å². The summed E-state index contributed by atoms with van der Waals surface area (Å²) in [6, 6.07) is 0. The average Bonchev–Trinajstić information content (AvgIpc) is 2.29. The molecular formula is C11H25N3O3. The molecule has 0 fully saturated rings. The van der Waals surface area contributed by atoms with Crippen LogP contribution in [-0.4, -0.2) is 73.5 Å². The molecule has 0 radical (unpaired) electrons. The van der Waals surface area contributed by atoms with Gasteiger partial charge in [0, 0.05) is 32.7 Å². The maximum absolute atomic E-state index is 10.2. The summed E-state index contributed by atoms with van der Waals surface area (Å²) in [4.78, 5) is 14.7. The van der Waals surface area contributed by atoms with Crippen LogP contribution in [0.5, 0.6) is 0 Å². The third-order valence-electron chi connectivity index (χ3n) is 2.71. The molecule has 0 aliphatic heterocycles. The summed E-state index contributed by atoms with van der Waals surface area (Å²) in [7, 11) is 0. The molecule has 0 unspecified atom stereocenters. The molecular weight excluding hydrogens is 222 g/mol. The monoisotopic (exact) mass is 247 g/mol. The van der Waals surface area contributed by atoms with Crippen LogP contribution in [0.1, 0.15) is 13.8 Å². The Labute approximate surface area is 103 Å². The summed E-state index contributed by atoms with van der Waals surface area (Å²) in [6.07, 6.45) is -1.22. The molecule has 3 N–H and O–H groups in total. The lowest BCUT2D eigenvalue weighted by atomic mass is 10.4. The van der Waals surface area contributed by atoms with E-state index < -0.39 is 6.16 Å². The molecule has 102 valence electrons. The molecule has 0 heterocycles. The summed E-state index contributed by atoms with van der Waals surface area (Å²) in [5, 5.41) is 8.38. The predicted octanol–water partition coefficient (Wildman–Crippen LogP) is 0.284. The Morgan fingerprint density at radius 1 is 1.12 bits per heavy atom. The fraction of sp³-hybridized carbons (Fsp3) is 0.909. The van der Waals surface area contributed by atoms with Gasteiger partial charge in [-0.3, -0.25) is 4.90 Å². The zero-order valence-corrected chi connectivity index (χ0v) is 10.9. The van der Waals surface area contributed by atoms with E-state index in [4.69, 9.17) is 10.8 Å². The molecule has 0 saturated heterocycles. The minimum atomic E-state index is -1.22. The highest BCUT2D eigenvalue weighted by Gasteiger charge is 2.07. The van der Waals surface area contributed by atoms with Crippen molar-refractivity contribution in [1.82, 2.24) is 9.80 Å². The number of ether oxygens (including phenoxy) is 1.